The van der Waals surface area contributed by atoms with E-state index in [1.54, 1.807) is 0 Å². The lowest BCUT2D eigenvalue weighted by atomic mass is 10.2. The van der Waals surface area contributed by atoms with Gasteiger partial charge < -0.3 is 4.90 Å². The molecule has 1 rings (SSSR count). The molecular weight excluding hydrogens is 216 g/mol. The van der Waals surface area contributed by atoms with Crippen LogP contribution in [0.3, 0.4) is 0 Å². The molecule has 0 unspecified atom stereocenters. The maximum atomic E-state index is 11.0. The Hall–Kier alpha value is -1.64. The van der Waals surface area contributed by atoms with Crippen LogP contribution in [0.25, 0.3) is 0 Å². The van der Waals surface area contributed by atoms with E-state index in [0.29, 0.717) is 6.54 Å². The molecule has 1 amide bonds. The van der Waals surface area contributed by atoms with Crippen LogP contribution >= 0.6 is 11.6 Å². The lowest BCUT2D eigenvalue weighted by Gasteiger charge is -2.15. The monoisotopic (exact) mass is 224 g/mol. The number of carbonyl (C=O) groups is 1. The van der Waals surface area contributed by atoms with Gasteiger partial charge in [0, 0.05) is 6.54 Å². The first-order valence-corrected chi connectivity index (χ1v) is 4.64. The molecule has 15 heavy (non-hydrogen) atoms. The molecule has 0 aliphatic heterocycles. The molecule has 0 N–H and O–H groups in total. The molecule has 78 valence electrons. The van der Waals surface area contributed by atoms with Gasteiger partial charge in [0.2, 0.25) is 6.08 Å². The predicted octanol–water partition coefficient (Wildman–Crippen LogP) is 2.14. The summed E-state index contributed by atoms with van der Waals surface area (Å²) in [5.41, 5.74) is 0.924. The number of amides is 1. The van der Waals surface area contributed by atoms with E-state index >= 15 is 0 Å². The zero-order valence-electron chi connectivity index (χ0n) is 7.89. The van der Waals surface area contributed by atoms with E-state index in [1.165, 1.54) is 11.0 Å². The molecule has 1 aromatic carbocycles. The maximum absolute atomic E-state index is 11.0. The van der Waals surface area contributed by atoms with Crippen molar-refractivity contribution < 1.29 is 9.59 Å². The smallest absolute Gasteiger partial charge is 0.304 e. The molecule has 0 atom stereocenters. The SMILES string of the molecule is O=C=NCN(Cc1ccccc1)C(=O)Cl. The van der Waals surface area contributed by atoms with E-state index in [-0.39, 0.29) is 6.67 Å². The Balaban J connectivity index is 2.67. The van der Waals surface area contributed by atoms with E-state index in [0.717, 1.165) is 5.56 Å². The summed E-state index contributed by atoms with van der Waals surface area (Å²) in [6.07, 6.45) is 1.36. The van der Waals surface area contributed by atoms with Crippen LogP contribution in [-0.2, 0) is 11.3 Å². The van der Waals surface area contributed by atoms with Gasteiger partial charge in [-0.3, -0.25) is 4.79 Å². The minimum absolute atomic E-state index is 0.0687. The van der Waals surface area contributed by atoms with E-state index in [1.807, 2.05) is 30.3 Å². The maximum Gasteiger partial charge on any atom is 0.318 e. The molecule has 0 radical (unpaired) electrons. The van der Waals surface area contributed by atoms with Crippen molar-refractivity contribution in [2.24, 2.45) is 4.99 Å². The second-order valence-corrected chi connectivity index (χ2v) is 3.15. The highest BCUT2D eigenvalue weighted by Crippen LogP contribution is 2.06. The Morgan fingerprint density at radius 3 is 2.60 bits per heavy atom. The zero-order valence-corrected chi connectivity index (χ0v) is 8.65. The van der Waals surface area contributed by atoms with Crippen LogP contribution in [-0.4, -0.2) is 23.0 Å². The average molecular weight is 225 g/mol. The first kappa shape index (κ1) is 11.4. The van der Waals surface area contributed by atoms with Gasteiger partial charge in [0.15, 0.2) is 0 Å². The normalized spacial score (nSPS) is 9.13. The highest BCUT2D eigenvalue weighted by Gasteiger charge is 2.09. The fourth-order valence-electron chi connectivity index (χ4n) is 1.09. The summed E-state index contributed by atoms with van der Waals surface area (Å²) in [4.78, 5) is 25.4. The number of hydrogen-bond acceptors (Lipinski definition) is 3. The van der Waals surface area contributed by atoms with Crippen LogP contribution in [0, 0.1) is 0 Å². The van der Waals surface area contributed by atoms with Crippen LogP contribution in [0.1, 0.15) is 5.56 Å². The van der Waals surface area contributed by atoms with Crippen LogP contribution in [0.4, 0.5) is 4.79 Å². The average Bonchev–Trinajstić information content (AvgIpc) is 2.25. The largest absolute Gasteiger partial charge is 0.318 e. The van der Waals surface area contributed by atoms with Gasteiger partial charge >= 0.3 is 5.37 Å². The first-order chi connectivity index (χ1) is 7.24. The third-order valence-corrected chi connectivity index (χ3v) is 2.01. The highest BCUT2D eigenvalue weighted by molar-refractivity contribution is 6.62. The Labute approximate surface area is 92.2 Å². The van der Waals surface area contributed by atoms with E-state index < -0.39 is 5.37 Å². The van der Waals surface area contributed by atoms with Gasteiger partial charge in [0.25, 0.3) is 0 Å². The summed E-state index contributed by atoms with van der Waals surface area (Å²) in [6.45, 7) is 0.259. The second kappa shape index (κ2) is 5.96. The van der Waals surface area contributed by atoms with E-state index in [4.69, 9.17) is 11.6 Å². The van der Waals surface area contributed by atoms with Gasteiger partial charge in [-0.15, -0.1) is 0 Å². The predicted molar refractivity (Wildman–Crippen MR) is 56.2 cm³/mol. The topological polar surface area (TPSA) is 49.7 Å². The molecule has 1 aromatic rings. The van der Waals surface area contributed by atoms with Crippen LogP contribution in [0.2, 0.25) is 0 Å². The van der Waals surface area contributed by atoms with Crippen LogP contribution in [0.5, 0.6) is 0 Å². The van der Waals surface area contributed by atoms with Crippen molar-refractivity contribution in [1.82, 2.24) is 4.90 Å². The Morgan fingerprint density at radius 1 is 1.40 bits per heavy atom. The third kappa shape index (κ3) is 3.94. The molecule has 0 aliphatic carbocycles. The number of hydrogen-bond donors (Lipinski definition) is 0. The van der Waals surface area contributed by atoms with Crippen molar-refractivity contribution in [2.45, 2.75) is 6.54 Å². The van der Waals surface area contributed by atoms with Gasteiger partial charge in [-0.25, -0.2) is 4.79 Å². The molecule has 5 heteroatoms. The number of aliphatic imine (C=N–C) groups is 1. The highest BCUT2D eigenvalue weighted by atomic mass is 35.5. The molecule has 0 bridgehead atoms. The molecule has 0 aromatic heterocycles. The fraction of sp³-hybridized carbons (Fsp3) is 0.200. The molecule has 0 fully saturated rings. The number of halogens is 1. The molecule has 4 nitrogen and oxygen atoms in total. The Morgan fingerprint density at radius 2 is 2.07 bits per heavy atom. The third-order valence-electron chi connectivity index (χ3n) is 1.77. The molecule has 0 spiro atoms. The summed E-state index contributed by atoms with van der Waals surface area (Å²) in [5, 5.41) is -0.641. The van der Waals surface area contributed by atoms with Gasteiger partial charge in [0.1, 0.15) is 6.67 Å². The lowest BCUT2D eigenvalue weighted by molar-refractivity contribution is 0.221. The standard InChI is InChI=1S/C10H9ClN2O2/c11-10(15)13(7-12-8-14)6-9-4-2-1-3-5-9/h1-5H,6-7H2. The van der Waals surface area contributed by atoms with Crippen molar-refractivity contribution in [1.29, 1.82) is 0 Å². The zero-order chi connectivity index (χ0) is 11.1. The summed E-state index contributed by atoms with van der Waals surface area (Å²) < 4.78 is 0. The summed E-state index contributed by atoms with van der Waals surface area (Å²) in [6, 6.07) is 9.30. The van der Waals surface area contributed by atoms with Crippen molar-refractivity contribution in [3.8, 4) is 0 Å². The van der Waals surface area contributed by atoms with Gasteiger partial charge in [-0.05, 0) is 17.2 Å². The number of nitrogens with zero attached hydrogens (tertiary/aromatic N) is 2. The van der Waals surface area contributed by atoms with Crippen molar-refractivity contribution in [2.75, 3.05) is 6.67 Å². The Kier molecular flexibility index (Phi) is 4.54. The van der Waals surface area contributed by atoms with Gasteiger partial charge in [0.05, 0.1) is 0 Å². The van der Waals surface area contributed by atoms with Gasteiger partial charge in [-0.1, -0.05) is 30.3 Å². The second-order valence-electron chi connectivity index (χ2n) is 2.83. The minimum Gasteiger partial charge on any atom is -0.304 e. The summed E-state index contributed by atoms with van der Waals surface area (Å²) in [5.74, 6) is 0. The van der Waals surface area contributed by atoms with Crippen LogP contribution in [0.15, 0.2) is 35.3 Å². The molecular formula is C10H9ClN2O2. The Bertz CT molecular complexity index is 374. The summed E-state index contributed by atoms with van der Waals surface area (Å²) >= 11 is 5.33. The fourth-order valence-corrected chi connectivity index (χ4v) is 1.20. The quantitative estimate of drug-likeness (QED) is 0.341. The van der Waals surface area contributed by atoms with Crippen molar-refractivity contribution in [3.05, 3.63) is 35.9 Å². The van der Waals surface area contributed by atoms with E-state index in [9.17, 15) is 9.59 Å². The number of isocyanates is 1. The van der Waals surface area contributed by atoms with Crippen molar-refractivity contribution >= 4 is 23.0 Å². The molecule has 0 saturated carbocycles. The lowest BCUT2D eigenvalue weighted by Crippen LogP contribution is -2.25. The molecule has 0 heterocycles. The molecule has 0 saturated heterocycles. The van der Waals surface area contributed by atoms with Crippen LogP contribution < -0.4 is 0 Å². The van der Waals surface area contributed by atoms with E-state index in [2.05, 4.69) is 4.99 Å². The number of benzene rings is 1. The van der Waals surface area contributed by atoms with Gasteiger partial charge in [-0.2, -0.15) is 4.99 Å². The number of carbonyl (C=O) groups excluding carboxylic acids is 2. The molecule has 0 aliphatic rings. The van der Waals surface area contributed by atoms with Crippen molar-refractivity contribution in [3.63, 3.8) is 0 Å². The summed E-state index contributed by atoms with van der Waals surface area (Å²) in [7, 11) is 0. The first-order valence-electron chi connectivity index (χ1n) is 4.26. The minimum atomic E-state index is -0.641. The number of rotatable bonds is 4.